The number of carbonyl (C=O) groups is 2. The summed E-state index contributed by atoms with van der Waals surface area (Å²) in [5.41, 5.74) is 5.96. The lowest BCUT2D eigenvalue weighted by Gasteiger charge is -2.09. The summed E-state index contributed by atoms with van der Waals surface area (Å²) >= 11 is 0. The second-order valence-corrected chi connectivity index (χ2v) is 6.30. The Bertz CT molecular complexity index is 875. The van der Waals surface area contributed by atoms with Gasteiger partial charge in [0.25, 0.3) is 0 Å². The predicted octanol–water partition coefficient (Wildman–Crippen LogP) is 3.74. The first kappa shape index (κ1) is 20.9. The Balaban J connectivity index is 1.81. The van der Waals surface area contributed by atoms with E-state index in [1.165, 1.54) is 6.21 Å². The van der Waals surface area contributed by atoms with Gasteiger partial charge in [0, 0.05) is 24.1 Å². The summed E-state index contributed by atoms with van der Waals surface area (Å²) in [6, 6.07) is 13.2. The molecular weight excluding hydrogens is 354 g/mol. The van der Waals surface area contributed by atoms with Crippen molar-refractivity contribution in [2.45, 2.75) is 26.7 Å². The SMILES string of the molecule is C=CCOc1ccccc1/C=N/NC(=O)CCC(=O)Nc1cc(C)ccc1C. The molecule has 2 aromatic carbocycles. The Morgan fingerprint density at radius 2 is 1.86 bits per heavy atom. The lowest BCUT2D eigenvalue weighted by Crippen LogP contribution is -2.21. The van der Waals surface area contributed by atoms with E-state index in [9.17, 15) is 9.59 Å². The number of ether oxygens (including phenoxy) is 1. The first-order valence-electron chi connectivity index (χ1n) is 9.01. The molecule has 146 valence electrons. The van der Waals surface area contributed by atoms with Crippen molar-refractivity contribution in [3.8, 4) is 5.75 Å². The van der Waals surface area contributed by atoms with Crippen LogP contribution in [0.25, 0.3) is 0 Å². The number of hydrogen-bond acceptors (Lipinski definition) is 4. The fourth-order valence-electron chi connectivity index (χ4n) is 2.41. The van der Waals surface area contributed by atoms with Crippen molar-refractivity contribution in [1.82, 2.24) is 5.43 Å². The lowest BCUT2D eigenvalue weighted by molar-refractivity contribution is -0.124. The molecule has 0 aliphatic rings. The van der Waals surface area contributed by atoms with Crippen molar-refractivity contribution in [3.63, 3.8) is 0 Å². The van der Waals surface area contributed by atoms with Crippen LogP contribution in [0.4, 0.5) is 5.69 Å². The van der Waals surface area contributed by atoms with Gasteiger partial charge in [-0.05, 0) is 43.2 Å². The number of hydrogen-bond donors (Lipinski definition) is 2. The zero-order valence-corrected chi connectivity index (χ0v) is 16.2. The van der Waals surface area contributed by atoms with Gasteiger partial charge in [-0.15, -0.1) is 0 Å². The molecule has 0 fully saturated rings. The zero-order valence-electron chi connectivity index (χ0n) is 16.2. The Morgan fingerprint density at radius 1 is 1.11 bits per heavy atom. The van der Waals surface area contributed by atoms with Gasteiger partial charge in [0.2, 0.25) is 11.8 Å². The van der Waals surface area contributed by atoms with E-state index in [0.29, 0.717) is 12.4 Å². The van der Waals surface area contributed by atoms with Crippen LogP contribution in [0.3, 0.4) is 0 Å². The fraction of sp³-hybridized carbons (Fsp3) is 0.227. The number of para-hydroxylation sites is 1. The average molecular weight is 379 g/mol. The van der Waals surface area contributed by atoms with Gasteiger partial charge in [-0.3, -0.25) is 9.59 Å². The molecule has 2 amide bonds. The summed E-state index contributed by atoms with van der Waals surface area (Å²) in [6.07, 6.45) is 3.28. The minimum Gasteiger partial charge on any atom is -0.489 e. The van der Waals surface area contributed by atoms with E-state index in [0.717, 1.165) is 22.4 Å². The highest BCUT2D eigenvalue weighted by atomic mass is 16.5. The molecule has 6 heteroatoms. The number of aryl methyl sites for hydroxylation is 2. The quantitative estimate of drug-likeness (QED) is 0.396. The number of anilines is 1. The number of hydrazone groups is 1. The van der Waals surface area contributed by atoms with Crippen molar-refractivity contribution in [3.05, 3.63) is 71.8 Å². The van der Waals surface area contributed by atoms with E-state index in [1.54, 1.807) is 6.08 Å². The van der Waals surface area contributed by atoms with Gasteiger partial charge in [-0.2, -0.15) is 5.10 Å². The standard InChI is InChI=1S/C22H25N3O3/c1-4-13-28-20-8-6-5-7-18(20)15-23-25-22(27)12-11-21(26)24-19-14-16(2)9-10-17(19)3/h4-10,14-15H,1,11-13H2,2-3H3,(H,24,26)(H,25,27)/b23-15+. The highest BCUT2D eigenvalue weighted by Crippen LogP contribution is 2.17. The van der Waals surface area contributed by atoms with Gasteiger partial charge in [-0.1, -0.05) is 36.9 Å². The molecule has 0 aliphatic carbocycles. The molecule has 0 unspecified atom stereocenters. The summed E-state index contributed by atoms with van der Waals surface area (Å²) in [5.74, 6) is 0.0983. The molecule has 0 saturated carbocycles. The van der Waals surface area contributed by atoms with Crippen LogP contribution >= 0.6 is 0 Å². The van der Waals surface area contributed by atoms with Crippen LogP contribution in [0.5, 0.6) is 5.75 Å². The van der Waals surface area contributed by atoms with Crippen LogP contribution in [0.15, 0.2) is 60.2 Å². The maximum Gasteiger partial charge on any atom is 0.240 e. The van der Waals surface area contributed by atoms with Crippen molar-refractivity contribution >= 4 is 23.7 Å². The summed E-state index contributed by atoms with van der Waals surface area (Å²) < 4.78 is 5.52. The summed E-state index contributed by atoms with van der Waals surface area (Å²) in [7, 11) is 0. The number of nitrogens with zero attached hydrogens (tertiary/aromatic N) is 1. The molecule has 2 aromatic rings. The zero-order chi connectivity index (χ0) is 20.4. The molecule has 0 bridgehead atoms. The largest absolute Gasteiger partial charge is 0.489 e. The Kier molecular flexibility index (Phi) is 7.96. The topological polar surface area (TPSA) is 79.8 Å². The maximum atomic E-state index is 12.1. The average Bonchev–Trinajstić information content (AvgIpc) is 2.68. The molecule has 6 nitrogen and oxygen atoms in total. The lowest BCUT2D eigenvalue weighted by atomic mass is 10.1. The molecule has 0 radical (unpaired) electrons. The highest BCUT2D eigenvalue weighted by Gasteiger charge is 2.08. The monoisotopic (exact) mass is 379 g/mol. The minimum absolute atomic E-state index is 0.0443. The molecule has 28 heavy (non-hydrogen) atoms. The molecule has 0 heterocycles. The summed E-state index contributed by atoms with van der Waals surface area (Å²) in [6.45, 7) is 7.88. The molecule has 2 N–H and O–H groups in total. The van der Waals surface area contributed by atoms with Gasteiger partial charge in [-0.25, -0.2) is 5.43 Å². The molecular formula is C22H25N3O3. The van der Waals surface area contributed by atoms with Crippen molar-refractivity contribution in [1.29, 1.82) is 0 Å². The molecule has 0 aromatic heterocycles. The second kappa shape index (κ2) is 10.7. The van der Waals surface area contributed by atoms with Crippen molar-refractivity contribution in [2.75, 3.05) is 11.9 Å². The minimum atomic E-state index is -0.336. The van der Waals surface area contributed by atoms with Gasteiger partial charge in [0.1, 0.15) is 12.4 Å². The number of carbonyl (C=O) groups excluding carboxylic acids is 2. The number of rotatable bonds is 9. The number of amides is 2. The molecule has 0 saturated heterocycles. The van der Waals surface area contributed by atoms with Crippen molar-refractivity contribution < 1.29 is 14.3 Å². The summed E-state index contributed by atoms with van der Waals surface area (Å²) in [4.78, 5) is 24.0. The van der Waals surface area contributed by atoms with E-state index in [2.05, 4.69) is 22.4 Å². The van der Waals surface area contributed by atoms with Crippen LogP contribution < -0.4 is 15.5 Å². The third kappa shape index (κ3) is 6.72. The predicted molar refractivity (Wildman–Crippen MR) is 112 cm³/mol. The highest BCUT2D eigenvalue weighted by molar-refractivity contribution is 5.94. The number of nitrogens with one attached hydrogen (secondary N) is 2. The van der Waals surface area contributed by atoms with Crippen LogP contribution in [-0.4, -0.2) is 24.6 Å². The second-order valence-electron chi connectivity index (χ2n) is 6.30. The van der Waals surface area contributed by atoms with E-state index >= 15 is 0 Å². The van der Waals surface area contributed by atoms with Crippen LogP contribution in [-0.2, 0) is 9.59 Å². The molecule has 0 atom stereocenters. The fourth-order valence-corrected chi connectivity index (χ4v) is 2.41. The van der Waals surface area contributed by atoms with Crippen molar-refractivity contribution in [2.24, 2.45) is 5.10 Å². The van der Waals surface area contributed by atoms with Gasteiger partial charge >= 0.3 is 0 Å². The first-order chi connectivity index (χ1) is 13.5. The van der Waals surface area contributed by atoms with Gasteiger partial charge in [0.05, 0.1) is 6.21 Å². The Hall–Kier alpha value is -3.41. The first-order valence-corrected chi connectivity index (χ1v) is 9.01. The van der Waals surface area contributed by atoms with E-state index < -0.39 is 0 Å². The third-order valence-corrected chi connectivity index (χ3v) is 3.91. The van der Waals surface area contributed by atoms with E-state index in [-0.39, 0.29) is 24.7 Å². The summed E-state index contributed by atoms with van der Waals surface area (Å²) in [5, 5.41) is 6.77. The molecule has 0 spiro atoms. The van der Waals surface area contributed by atoms with E-state index in [4.69, 9.17) is 4.74 Å². The smallest absolute Gasteiger partial charge is 0.240 e. The van der Waals surface area contributed by atoms with Gasteiger partial charge < -0.3 is 10.1 Å². The van der Waals surface area contributed by atoms with Gasteiger partial charge in [0.15, 0.2) is 0 Å². The number of benzene rings is 2. The van der Waals surface area contributed by atoms with Crippen LogP contribution in [0.2, 0.25) is 0 Å². The maximum absolute atomic E-state index is 12.1. The van der Waals surface area contributed by atoms with Crippen LogP contribution in [0, 0.1) is 13.8 Å². The van der Waals surface area contributed by atoms with Crippen LogP contribution in [0.1, 0.15) is 29.5 Å². The Morgan fingerprint density at radius 3 is 2.64 bits per heavy atom. The Labute approximate surface area is 165 Å². The molecule has 2 rings (SSSR count). The molecule has 0 aliphatic heterocycles. The van der Waals surface area contributed by atoms with E-state index in [1.807, 2.05) is 56.3 Å². The normalized spacial score (nSPS) is 10.5. The third-order valence-electron chi connectivity index (χ3n) is 3.91.